The number of nitriles is 1. The molecule has 18 heavy (non-hydrogen) atoms. The second-order valence-corrected chi connectivity index (χ2v) is 4.84. The minimum absolute atomic E-state index is 0.0749. The number of aryl methyl sites for hydroxylation is 1. The van der Waals surface area contributed by atoms with Gasteiger partial charge in [0.2, 0.25) is 11.8 Å². The number of anilines is 1. The van der Waals surface area contributed by atoms with Crippen LogP contribution in [-0.2, 0) is 16.6 Å². The first-order valence-electron chi connectivity index (χ1n) is 5.93. The van der Waals surface area contributed by atoms with Gasteiger partial charge in [-0.2, -0.15) is 10.4 Å². The van der Waals surface area contributed by atoms with Crippen LogP contribution in [0.4, 0.5) is 5.82 Å². The fourth-order valence-electron chi connectivity index (χ4n) is 2.89. The zero-order valence-electron chi connectivity index (χ0n) is 9.96. The van der Waals surface area contributed by atoms with E-state index in [9.17, 15) is 9.59 Å². The molecule has 2 aliphatic rings. The third-order valence-corrected chi connectivity index (χ3v) is 3.81. The summed E-state index contributed by atoms with van der Waals surface area (Å²) in [5, 5.41) is 13.0. The molecular formula is C12H12N4O2. The maximum atomic E-state index is 12.3. The Kier molecular flexibility index (Phi) is 2.23. The van der Waals surface area contributed by atoms with Crippen molar-refractivity contribution in [3.63, 3.8) is 0 Å². The van der Waals surface area contributed by atoms with Crippen LogP contribution in [0.15, 0.2) is 6.20 Å². The molecule has 0 N–H and O–H groups in total. The standard InChI is InChI=1S/C12H12N4O2/c1-15-10(9(5-13)6-14-15)16-11(17)7-2-3-8(4-7)12(16)18/h6-8H,2-4H2,1H3. The highest BCUT2D eigenvalue weighted by Crippen LogP contribution is 2.40. The van der Waals surface area contributed by atoms with Gasteiger partial charge in [0.25, 0.3) is 0 Å². The lowest BCUT2D eigenvalue weighted by Gasteiger charge is -2.29. The van der Waals surface area contributed by atoms with Crippen molar-refractivity contribution in [2.24, 2.45) is 18.9 Å². The Hall–Kier alpha value is -2.16. The minimum Gasteiger partial charge on any atom is -0.274 e. The number of nitrogens with zero attached hydrogens (tertiary/aromatic N) is 4. The van der Waals surface area contributed by atoms with Crippen LogP contribution in [0.5, 0.6) is 0 Å². The molecule has 2 unspecified atom stereocenters. The molecule has 2 heterocycles. The van der Waals surface area contributed by atoms with Gasteiger partial charge in [-0.3, -0.25) is 14.3 Å². The van der Waals surface area contributed by atoms with Crippen molar-refractivity contribution in [1.82, 2.24) is 9.78 Å². The molecule has 0 spiro atoms. The Labute approximate surface area is 104 Å². The monoisotopic (exact) mass is 244 g/mol. The van der Waals surface area contributed by atoms with Crippen LogP contribution in [0, 0.1) is 23.2 Å². The largest absolute Gasteiger partial charge is 0.274 e. The van der Waals surface area contributed by atoms with Crippen molar-refractivity contribution >= 4 is 17.6 Å². The number of hydrogen-bond acceptors (Lipinski definition) is 4. The van der Waals surface area contributed by atoms with Crippen LogP contribution in [0.3, 0.4) is 0 Å². The van der Waals surface area contributed by atoms with E-state index in [-0.39, 0.29) is 29.2 Å². The fraction of sp³-hybridized carbons (Fsp3) is 0.500. The molecule has 1 aromatic rings. The Morgan fingerprint density at radius 1 is 1.33 bits per heavy atom. The molecule has 2 atom stereocenters. The second kappa shape index (κ2) is 3.67. The summed E-state index contributed by atoms with van der Waals surface area (Å²) < 4.78 is 1.42. The van der Waals surface area contributed by atoms with Crippen molar-refractivity contribution in [3.8, 4) is 6.07 Å². The normalized spacial score (nSPS) is 26.6. The number of piperidine rings is 1. The first kappa shape index (κ1) is 11.0. The smallest absolute Gasteiger partial charge is 0.238 e. The number of carbonyl (C=O) groups excluding carboxylic acids is 2. The number of amides is 2. The molecular weight excluding hydrogens is 232 g/mol. The van der Waals surface area contributed by atoms with Crippen molar-refractivity contribution in [2.75, 3.05) is 4.90 Å². The van der Waals surface area contributed by atoms with Gasteiger partial charge in [0.05, 0.1) is 6.20 Å². The van der Waals surface area contributed by atoms with E-state index < -0.39 is 0 Å². The van der Waals surface area contributed by atoms with Crippen molar-refractivity contribution in [2.45, 2.75) is 19.3 Å². The zero-order valence-corrected chi connectivity index (χ0v) is 9.96. The lowest BCUT2D eigenvalue weighted by Crippen LogP contribution is -2.47. The summed E-state index contributed by atoms with van der Waals surface area (Å²) in [7, 11) is 1.63. The molecule has 1 aliphatic carbocycles. The van der Waals surface area contributed by atoms with E-state index in [2.05, 4.69) is 5.10 Å². The summed E-state index contributed by atoms with van der Waals surface area (Å²) in [6.45, 7) is 0. The summed E-state index contributed by atoms with van der Waals surface area (Å²) >= 11 is 0. The number of aromatic nitrogens is 2. The number of fused-ring (bicyclic) bond motifs is 2. The average Bonchev–Trinajstić information content (AvgIpc) is 2.94. The third-order valence-electron chi connectivity index (χ3n) is 3.81. The fourth-order valence-corrected chi connectivity index (χ4v) is 2.89. The van der Waals surface area contributed by atoms with Gasteiger partial charge in [-0.15, -0.1) is 0 Å². The Balaban J connectivity index is 2.11. The van der Waals surface area contributed by atoms with Crippen LogP contribution >= 0.6 is 0 Å². The molecule has 2 bridgehead atoms. The van der Waals surface area contributed by atoms with Gasteiger partial charge < -0.3 is 0 Å². The van der Waals surface area contributed by atoms with Crippen LogP contribution in [0.25, 0.3) is 0 Å². The number of imide groups is 1. The molecule has 2 fully saturated rings. The molecule has 1 aliphatic heterocycles. The van der Waals surface area contributed by atoms with Crippen molar-refractivity contribution in [1.29, 1.82) is 5.26 Å². The zero-order chi connectivity index (χ0) is 12.9. The number of hydrogen-bond donors (Lipinski definition) is 0. The molecule has 1 saturated carbocycles. The Bertz CT molecular complexity index is 561. The first-order valence-corrected chi connectivity index (χ1v) is 5.93. The van der Waals surface area contributed by atoms with Gasteiger partial charge in [-0.05, 0) is 19.3 Å². The van der Waals surface area contributed by atoms with Gasteiger partial charge in [-0.1, -0.05) is 0 Å². The maximum Gasteiger partial charge on any atom is 0.238 e. The lowest BCUT2D eigenvalue weighted by molar-refractivity contribution is -0.133. The van der Waals surface area contributed by atoms with Gasteiger partial charge in [0.15, 0.2) is 5.82 Å². The predicted molar refractivity (Wildman–Crippen MR) is 61.2 cm³/mol. The Morgan fingerprint density at radius 3 is 2.50 bits per heavy atom. The van der Waals surface area contributed by atoms with Crippen LogP contribution in [-0.4, -0.2) is 21.6 Å². The van der Waals surface area contributed by atoms with E-state index in [0.717, 1.165) is 17.7 Å². The lowest BCUT2D eigenvalue weighted by atomic mass is 9.97. The van der Waals surface area contributed by atoms with E-state index in [1.807, 2.05) is 6.07 Å². The Morgan fingerprint density at radius 2 is 1.94 bits per heavy atom. The van der Waals surface area contributed by atoms with Gasteiger partial charge in [0.1, 0.15) is 11.6 Å². The minimum atomic E-state index is -0.186. The molecule has 3 rings (SSSR count). The quantitative estimate of drug-likeness (QED) is 0.677. The second-order valence-electron chi connectivity index (χ2n) is 4.84. The molecule has 2 amide bonds. The van der Waals surface area contributed by atoms with Crippen LogP contribution in [0.1, 0.15) is 24.8 Å². The molecule has 6 heteroatoms. The van der Waals surface area contributed by atoms with Crippen LogP contribution in [0.2, 0.25) is 0 Å². The van der Waals surface area contributed by atoms with E-state index >= 15 is 0 Å². The van der Waals surface area contributed by atoms with Crippen molar-refractivity contribution < 1.29 is 9.59 Å². The van der Waals surface area contributed by atoms with Gasteiger partial charge in [0, 0.05) is 18.9 Å². The van der Waals surface area contributed by atoms with E-state index in [4.69, 9.17) is 5.26 Å². The number of rotatable bonds is 1. The molecule has 0 radical (unpaired) electrons. The van der Waals surface area contributed by atoms with Gasteiger partial charge in [-0.25, -0.2) is 4.90 Å². The highest BCUT2D eigenvalue weighted by molar-refractivity contribution is 6.18. The summed E-state index contributed by atoms with van der Waals surface area (Å²) in [5.41, 5.74) is 0.264. The van der Waals surface area contributed by atoms with Crippen molar-refractivity contribution in [3.05, 3.63) is 11.8 Å². The highest BCUT2D eigenvalue weighted by Gasteiger charge is 2.47. The predicted octanol–water partition coefficient (Wildman–Crippen LogP) is 0.581. The molecule has 92 valence electrons. The van der Waals surface area contributed by atoms with Crippen LogP contribution < -0.4 is 4.90 Å². The van der Waals surface area contributed by atoms with E-state index in [0.29, 0.717) is 12.2 Å². The van der Waals surface area contributed by atoms with E-state index in [1.165, 1.54) is 10.9 Å². The summed E-state index contributed by atoms with van der Waals surface area (Å²) in [6, 6.07) is 1.98. The highest BCUT2D eigenvalue weighted by atomic mass is 16.2. The molecule has 6 nitrogen and oxygen atoms in total. The van der Waals surface area contributed by atoms with E-state index in [1.54, 1.807) is 7.05 Å². The molecule has 0 aromatic carbocycles. The first-order chi connectivity index (χ1) is 8.63. The van der Waals surface area contributed by atoms with Gasteiger partial charge >= 0.3 is 0 Å². The summed E-state index contributed by atoms with van der Waals surface area (Å²) in [4.78, 5) is 25.7. The maximum absolute atomic E-state index is 12.3. The molecule has 1 saturated heterocycles. The third kappa shape index (κ3) is 1.30. The summed E-state index contributed by atoms with van der Waals surface area (Å²) in [5.74, 6) is -0.213. The summed E-state index contributed by atoms with van der Waals surface area (Å²) in [6.07, 6.45) is 3.58. The average molecular weight is 244 g/mol. The molecule has 1 aromatic heterocycles. The SMILES string of the molecule is Cn1ncc(C#N)c1N1C(=O)C2CCC(C2)C1=O. The number of carbonyl (C=O) groups is 2. The topological polar surface area (TPSA) is 79.0 Å².